The number of carbonyl (C=O) groups is 3. The van der Waals surface area contributed by atoms with Crippen LogP contribution < -0.4 is 14.4 Å². The Bertz CT molecular complexity index is 971. The second kappa shape index (κ2) is 10.4. The Morgan fingerprint density at radius 3 is 2.19 bits per heavy atom. The first-order chi connectivity index (χ1) is 15.1. The summed E-state index contributed by atoms with van der Waals surface area (Å²) in [5.74, 6) is -0.776. The van der Waals surface area contributed by atoms with Crippen LogP contribution in [0.1, 0.15) is 32.3 Å². The Balaban J connectivity index is 1.80. The van der Waals surface area contributed by atoms with Crippen molar-refractivity contribution in [1.29, 1.82) is 0 Å². The van der Waals surface area contributed by atoms with E-state index in [2.05, 4.69) is 0 Å². The molecule has 1 saturated heterocycles. The molecule has 7 heteroatoms. The summed E-state index contributed by atoms with van der Waals surface area (Å²) in [4.78, 5) is 39.6. The largest absolute Gasteiger partial charge is 0.490 e. The fraction of sp³-hybridized carbons (Fsp3) is 0.292. The zero-order chi connectivity index (χ0) is 22.2. The Hall–Kier alpha value is -3.61. The number of urea groups is 1. The van der Waals surface area contributed by atoms with Crippen LogP contribution in [0.2, 0.25) is 0 Å². The van der Waals surface area contributed by atoms with Crippen LogP contribution in [-0.4, -0.2) is 42.5 Å². The average Bonchev–Trinajstić information content (AvgIpc) is 3.00. The average molecular weight is 422 g/mol. The molecule has 31 heavy (non-hydrogen) atoms. The van der Waals surface area contributed by atoms with Crippen LogP contribution in [0.4, 0.5) is 10.5 Å². The number of carbonyl (C=O) groups excluding carboxylic acids is 3. The SMILES string of the molecule is CCCOc1ccc(N2C(=O)C(=O)N(C/C=C/c3ccccc3)C2=O)cc1OCCC. The molecular weight excluding hydrogens is 396 g/mol. The van der Waals surface area contributed by atoms with Crippen molar-refractivity contribution in [3.8, 4) is 11.5 Å². The van der Waals surface area contributed by atoms with E-state index in [4.69, 9.17) is 9.47 Å². The molecule has 0 atom stereocenters. The van der Waals surface area contributed by atoms with Crippen molar-refractivity contribution in [1.82, 2.24) is 4.90 Å². The molecule has 1 aliphatic heterocycles. The maximum absolute atomic E-state index is 12.9. The molecule has 0 saturated carbocycles. The summed E-state index contributed by atoms with van der Waals surface area (Å²) in [6, 6.07) is 13.6. The minimum atomic E-state index is -0.887. The van der Waals surface area contributed by atoms with E-state index in [0.717, 1.165) is 28.2 Å². The van der Waals surface area contributed by atoms with Gasteiger partial charge >= 0.3 is 17.8 Å². The molecule has 3 rings (SSSR count). The van der Waals surface area contributed by atoms with Crippen LogP contribution in [0.25, 0.3) is 6.08 Å². The standard InChI is InChI=1S/C24H26N2O5/c1-3-15-30-20-13-12-19(17-21(20)31-16-4-2)26-23(28)22(27)25(24(26)29)14-8-11-18-9-6-5-7-10-18/h5-13,17H,3-4,14-16H2,1-2H3/b11-8+. The molecule has 0 radical (unpaired) electrons. The van der Waals surface area contributed by atoms with Gasteiger partial charge < -0.3 is 9.47 Å². The number of rotatable bonds is 10. The lowest BCUT2D eigenvalue weighted by molar-refractivity contribution is -0.139. The van der Waals surface area contributed by atoms with E-state index in [9.17, 15) is 14.4 Å². The van der Waals surface area contributed by atoms with E-state index in [0.29, 0.717) is 24.7 Å². The predicted molar refractivity (Wildman–Crippen MR) is 118 cm³/mol. The van der Waals surface area contributed by atoms with Gasteiger partial charge in [0, 0.05) is 12.6 Å². The van der Waals surface area contributed by atoms with E-state index in [1.165, 1.54) is 0 Å². The van der Waals surface area contributed by atoms with Crippen molar-refractivity contribution in [3.63, 3.8) is 0 Å². The lowest BCUT2D eigenvalue weighted by atomic mass is 10.2. The maximum atomic E-state index is 12.9. The zero-order valence-electron chi connectivity index (χ0n) is 17.7. The number of hydrogen-bond acceptors (Lipinski definition) is 5. The molecule has 1 heterocycles. The summed E-state index contributed by atoms with van der Waals surface area (Å²) in [5, 5.41) is 0. The Labute approximate surface area is 181 Å². The highest BCUT2D eigenvalue weighted by atomic mass is 16.5. The van der Waals surface area contributed by atoms with Gasteiger partial charge in [-0.3, -0.25) is 14.5 Å². The van der Waals surface area contributed by atoms with Gasteiger partial charge in [0.05, 0.1) is 18.9 Å². The number of amides is 4. The van der Waals surface area contributed by atoms with Crippen molar-refractivity contribution < 1.29 is 23.9 Å². The number of benzene rings is 2. The molecule has 162 valence electrons. The number of anilines is 1. The van der Waals surface area contributed by atoms with Crippen molar-refractivity contribution in [2.24, 2.45) is 0 Å². The van der Waals surface area contributed by atoms with Gasteiger partial charge in [-0.25, -0.2) is 9.69 Å². The highest BCUT2D eigenvalue weighted by Crippen LogP contribution is 2.34. The van der Waals surface area contributed by atoms with E-state index in [-0.39, 0.29) is 12.2 Å². The number of ether oxygens (including phenoxy) is 2. The lowest BCUT2D eigenvalue weighted by Crippen LogP contribution is -2.33. The normalized spacial score (nSPS) is 14.1. The van der Waals surface area contributed by atoms with Gasteiger partial charge in [-0.05, 0) is 30.5 Å². The summed E-state index contributed by atoms with van der Waals surface area (Å²) in [6.07, 6.45) is 5.10. The first kappa shape index (κ1) is 22.1. The molecular formula is C24H26N2O5. The molecule has 2 aromatic carbocycles. The van der Waals surface area contributed by atoms with E-state index < -0.39 is 17.8 Å². The van der Waals surface area contributed by atoms with Gasteiger partial charge in [-0.2, -0.15) is 0 Å². The van der Waals surface area contributed by atoms with E-state index in [1.54, 1.807) is 30.4 Å². The maximum Gasteiger partial charge on any atom is 0.339 e. The molecule has 0 aromatic heterocycles. The second-order valence-electron chi connectivity index (χ2n) is 6.98. The van der Waals surface area contributed by atoms with Crippen LogP contribution >= 0.6 is 0 Å². The number of imide groups is 2. The van der Waals surface area contributed by atoms with Crippen molar-refractivity contribution in [2.75, 3.05) is 24.7 Å². The van der Waals surface area contributed by atoms with Crippen molar-refractivity contribution in [3.05, 3.63) is 60.2 Å². The highest BCUT2D eigenvalue weighted by Gasteiger charge is 2.45. The monoisotopic (exact) mass is 422 g/mol. The number of hydrogen-bond donors (Lipinski definition) is 0. The molecule has 0 N–H and O–H groups in total. The molecule has 1 aliphatic rings. The van der Waals surface area contributed by atoms with Gasteiger partial charge in [-0.1, -0.05) is 56.3 Å². The third-order valence-electron chi connectivity index (χ3n) is 4.56. The van der Waals surface area contributed by atoms with Gasteiger partial charge in [0.2, 0.25) is 0 Å². The van der Waals surface area contributed by atoms with Crippen LogP contribution in [0.5, 0.6) is 11.5 Å². The minimum absolute atomic E-state index is 0.00564. The molecule has 4 amide bonds. The summed E-state index contributed by atoms with van der Waals surface area (Å²) in [7, 11) is 0. The summed E-state index contributed by atoms with van der Waals surface area (Å²) >= 11 is 0. The summed E-state index contributed by atoms with van der Waals surface area (Å²) in [5.41, 5.74) is 1.21. The zero-order valence-corrected chi connectivity index (χ0v) is 17.7. The Kier molecular flexibility index (Phi) is 7.43. The van der Waals surface area contributed by atoms with E-state index in [1.807, 2.05) is 44.2 Å². The smallest absolute Gasteiger partial charge is 0.339 e. The van der Waals surface area contributed by atoms with Crippen LogP contribution in [-0.2, 0) is 9.59 Å². The molecule has 7 nitrogen and oxygen atoms in total. The second-order valence-corrected chi connectivity index (χ2v) is 6.98. The highest BCUT2D eigenvalue weighted by molar-refractivity contribution is 6.52. The molecule has 1 fully saturated rings. The molecule has 0 unspecified atom stereocenters. The molecule has 0 bridgehead atoms. The molecule has 0 spiro atoms. The predicted octanol–water partition coefficient (Wildman–Crippen LogP) is 4.27. The fourth-order valence-electron chi connectivity index (χ4n) is 3.04. The first-order valence-electron chi connectivity index (χ1n) is 10.4. The minimum Gasteiger partial charge on any atom is -0.490 e. The number of nitrogens with zero attached hydrogens (tertiary/aromatic N) is 2. The van der Waals surface area contributed by atoms with Crippen molar-refractivity contribution >= 4 is 29.6 Å². The van der Waals surface area contributed by atoms with Crippen LogP contribution in [0.3, 0.4) is 0 Å². The molecule has 2 aromatic rings. The summed E-state index contributed by atoms with van der Waals surface area (Å²) in [6.45, 7) is 4.96. The lowest BCUT2D eigenvalue weighted by Gasteiger charge is -2.17. The van der Waals surface area contributed by atoms with Gasteiger partial charge in [0.15, 0.2) is 11.5 Å². The van der Waals surface area contributed by atoms with Gasteiger partial charge in [-0.15, -0.1) is 0 Å². The van der Waals surface area contributed by atoms with Gasteiger partial charge in [0.1, 0.15) is 0 Å². The Morgan fingerprint density at radius 1 is 0.839 bits per heavy atom. The fourth-order valence-corrected chi connectivity index (χ4v) is 3.04. The third-order valence-corrected chi connectivity index (χ3v) is 4.56. The van der Waals surface area contributed by atoms with E-state index >= 15 is 0 Å². The quantitative estimate of drug-likeness (QED) is 0.422. The third kappa shape index (κ3) is 5.12. The van der Waals surface area contributed by atoms with Crippen LogP contribution in [0.15, 0.2) is 54.6 Å². The van der Waals surface area contributed by atoms with Gasteiger partial charge in [0.25, 0.3) is 0 Å². The summed E-state index contributed by atoms with van der Waals surface area (Å²) < 4.78 is 11.4. The molecule has 0 aliphatic carbocycles. The Morgan fingerprint density at radius 2 is 1.52 bits per heavy atom. The topological polar surface area (TPSA) is 76.2 Å². The van der Waals surface area contributed by atoms with Crippen molar-refractivity contribution in [2.45, 2.75) is 26.7 Å². The van der Waals surface area contributed by atoms with Crippen LogP contribution in [0, 0.1) is 0 Å². The first-order valence-corrected chi connectivity index (χ1v) is 10.4.